The Kier molecular flexibility index (Phi) is 4.19. The van der Waals surface area contributed by atoms with Crippen LogP contribution in [-0.4, -0.2) is 11.6 Å². The largest absolute Gasteiger partial charge is 0.327 e. The van der Waals surface area contributed by atoms with E-state index in [2.05, 4.69) is 10.0 Å². The minimum atomic E-state index is -0.589. The normalized spacial score (nSPS) is 13.0. The lowest BCUT2D eigenvalue weighted by Gasteiger charge is -2.26. The standard InChI is InChI=1S/C11H15ClN4/c1-11(2,15-16-14)10(13)7-8-3-5-9(12)6-4-8/h3-6,10H,7,13H2,1-2H3. The summed E-state index contributed by atoms with van der Waals surface area (Å²) in [5, 5.41) is 4.40. The van der Waals surface area contributed by atoms with Gasteiger partial charge in [-0.15, -0.1) is 0 Å². The smallest absolute Gasteiger partial charge is 0.0585 e. The second-order valence-corrected chi connectivity index (χ2v) is 4.72. The quantitative estimate of drug-likeness (QED) is 0.488. The van der Waals surface area contributed by atoms with Gasteiger partial charge in [-0.1, -0.05) is 42.7 Å². The monoisotopic (exact) mass is 238 g/mol. The highest BCUT2D eigenvalue weighted by Crippen LogP contribution is 2.18. The van der Waals surface area contributed by atoms with Crippen molar-refractivity contribution in [3.63, 3.8) is 0 Å². The van der Waals surface area contributed by atoms with Gasteiger partial charge in [0.1, 0.15) is 0 Å². The minimum absolute atomic E-state index is 0.218. The molecule has 1 atom stereocenters. The lowest BCUT2D eigenvalue weighted by Crippen LogP contribution is -2.42. The van der Waals surface area contributed by atoms with Gasteiger partial charge in [-0.3, -0.25) is 0 Å². The van der Waals surface area contributed by atoms with E-state index in [1.807, 2.05) is 38.1 Å². The minimum Gasteiger partial charge on any atom is -0.327 e. The molecular formula is C11H15ClN4. The molecule has 4 nitrogen and oxygen atoms in total. The summed E-state index contributed by atoms with van der Waals surface area (Å²) in [6.45, 7) is 3.65. The van der Waals surface area contributed by atoms with Gasteiger partial charge in [0.2, 0.25) is 0 Å². The molecule has 1 unspecified atom stereocenters. The van der Waals surface area contributed by atoms with Gasteiger partial charge in [0.05, 0.1) is 5.54 Å². The molecule has 0 fully saturated rings. The summed E-state index contributed by atoms with van der Waals surface area (Å²) in [7, 11) is 0. The topological polar surface area (TPSA) is 74.8 Å². The van der Waals surface area contributed by atoms with Crippen molar-refractivity contribution >= 4 is 11.6 Å². The molecule has 1 aromatic carbocycles. The molecule has 0 saturated carbocycles. The predicted molar refractivity (Wildman–Crippen MR) is 66.4 cm³/mol. The number of nitrogens with two attached hydrogens (primary N) is 1. The van der Waals surface area contributed by atoms with E-state index in [-0.39, 0.29) is 6.04 Å². The zero-order valence-corrected chi connectivity index (χ0v) is 10.1. The summed E-state index contributed by atoms with van der Waals surface area (Å²) in [5.74, 6) is 0. The molecule has 1 aromatic rings. The summed E-state index contributed by atoms with van der Waals surface area (Å²) in [5.41, 5.74) is 14.9. The first-order valence-corrected chi connectivity index (χ1v) is 5.40. The van der Waals surface area contributed by atoms with Crippen LogP contribution in [0.3, 0.4) is 0 Å². The Bertz CT molecular complexity index is 393. The lowest BCUT2D eigenvalue weighted by atomic mass is 9.91. The third-order valence-corrected chi connectivity index (χ3v) is 2.83. The van der Waals surface area contributed by atoms with Gasteiger partial charge in [-0.05, 0) is 29.6 Å². The highest BCUT2D eigenvalue weighted by Gasteiger charge is 2.24. The Hall–Kier alpha value is -1.22. The van der Waals surface area contributed by atoms with Crippen molar-refractivity contribution < 1.29 is 0 Å². The Morgan fingerprint density at radius 1 is 1.44 bits per heavy atom. The second kappa shape index (κ2) is 5.21. The second-order valence-electron chi connectivity index (χ2n) is 4.28. The highest BCUT2D eigenvalue weighted by atomic mass is 35.5. The number of halogens is 1. The highest BCUT2D eigenvalue weighted by molar-refractivity contribution is 6.30. The van der Waals surface area contributed by atoms with Crippen LogP contribution in [0.5, 0.6) is 0 Å². The van der Waals surface area contributed by atoms with E-state index in [0.717, 1.165) is 5.56 Å². The average molecular weight is 239 g/mol. The van der Waals surface area contributed by atoms with Crippen LogP contribution in [0, 0.1) is 0 Å². The van der Waals surface area contributed by atoms with Crippen LogP contribution in [0.2, 0.25) is 5.02 Å². The fourth-order valence-corrected chi connectivity index (χ4v) is 1.44. The molecule has 16 heavy (non-hydrogen) atoms. The van der Waals surface area contributed by atoms with Gasteiger partial charge in [0.15, 0.2) is 0 Å². The molecule has 0 amide bonds. The van der Waals surface area contributed by atoms with Crippen LogP contribution in [0.4, 0.5) is 0 Å². The third-order valence-electron chi connectivity index (χ3n) is 2.58. The molecule has 2 N–H and O–H groups in total. The maximum atomic E-state index is 8.44. The number of nitrogens with zero attached hydrogens (tertiary/aromatic N) is 3. The van der Waals surface area contributed by atoms with Gasteiger partial charge >= 0.3 is 0 Å². The zero-order chi connectivity index (χ0) is 12.2. The molecule has 0 aromatic heterocycles. The van der Waals surface area contributed by atoms with Crippen molar-refractivity contribution in [3.8, 4) is 0 Å². The van der Waals surface area contributed by atoms with Crippen molar-refractivity contribution in [2.45, 2.75) is 31.8 Å². The first-order chi connectivity index (χ1) is 7.45. The third kappa shape index (κ3) is 3.42. The summed E-state index contributed by atoms with van der Waals surface area (Å²) in [4.78, 5) is 2.81. The molecule has 0 spiro atoms. The molecule has 86 valence electrons. The van der Waals surface area contributed by atoms with Crippen LogP contribution in [0.1, 0.15) is 19.4 Å². The van der Waals surface area contributed by atoms with Crippen LogP contribution < -0.4 is 5.73 Å². The lowest BCUT2D eigenvalue weighted by molar-refractivity contribution is 0.405. The van der Waals surface area contributed by atoms with Gasteiger partial charge in [-0.25, -0.2) is 0 Å². The molecule has 0 aliphatic carbocycles. The molecule has 0 heterocycles. The van der Waals surface area contributed by atoms with Gasteiger partial charge < -0.3 is 5.73 Å². The molecular weight excluding hydrogens is 224 g/mol. The first kappa shape index (κ1) is 12.8. The van der Waals surface area contributed by atoms with Crippen LogP contribution in [0.25, 0.3) is 10.4 Å². The molecule has 0 radical (unpaired) electrons. The Balaban J connectivity index is 2.74. The van der Waals surface area contributed by atoms with Gasteiger partial charge in [-0.2, -0.15) is 0 Å². The summed E-state index contributed by atoms with van der Waals surface area (Å²) >= 11 is 5.79. The van der Waals surface area contributed by atoms with E-state index in [1.54, 1.807) is 0 Å². The predicted octanol–water partition coefficient (Wildman–Crippen LogP) is 3.30. The SMILES string of the molecule is CC(C)(N=[N+]=[N-])C(N)Cc1ccc(Cl)cc1. The van der Waals surface area contributed by atoms with Crippen molar-refractivity contribution in [1.29, 1.82) is 0 Å². The van der Waals surface area contributed by atoms with Crippen molar-refractivity contribution in [2.24, 2.45) is 10.8 Å². The number of benzene rings is 1. The van der Waals surface area contributed by atoms with Crippen LogP contribution >= 0.6 is 11.6 Å². The molecule has 0 bridgehead atoms. The van der Waals surface area contributed by atoms with E-state index < -0.39 is 5.54 Å². The van der Waals surface area contributed by atoms with Crippen LogP contribution in [-0.2, 0) is 6.42 Å². The molecule has 1 rings (SSSR count). The van der Waals surface area contributed by atoms with Crippen LogP contribution in [0.15, 0.2) is 29.4 Å². The van der Waals surface area contributed by atoms with Crippen molar-refractivity contribution in [1.82, 2.24) is 0 Å². The fraction of sp³-hybridized carbons (Fsp3) is 0.455. The maximum absolute atomic E-state index is 8.44. The molecule has 5 heteroatoms. The summed E-state index contributed by atoms with van der Waals surface area (Å²) < 4.78 is 0. The zero-order valence-electron chi connectivity index (χ0n) is 9.39. The number of hydrogen-bond acceptors (Lipinski definition) is 2. The maximum Gasteiger partial charge on any atom is 0.0585 e. The molecule has 0 aliphatic rings. The van der Waals surface area contributed by atoms with Gasteiger partial charge in [0, 0.05) is 16.0 Å². The number of rotatable bonds is 4. The first-order valence-electron chi connectivity index (χ1n) is 5.02. The number of azide groups is 1. The Morgan fingerprint density at radius 2 is 2.00 bits per heavy atom. The van der Waals surface area contributed by atoms with E-state index in [9.17, 15) is 0 Å². The molecule has 0 aliphatic heterocycles. The molecule has 0 saturated heterocycles. The summed E-state index contributed by atoms with van der Waals surface area (Å²) in [6, 6.07) is 7.28. The summed E-state index contributed by atoms with van der Waals surface area (Å²) in [6.07, 6.45) is 0.656. The Morgan fingerprint density at radius 3 is 2.50 bits per heavy atom. The Labute approximate surface area is 100 Å². The van der Waals surface area contributed by atoms with Gasteiger partial charge in [0.25, 0.3) is 0 Å². The van der Waals surface area contributed by atoms with E-state index in [1.165, 1.54) is 0 Å². The van der Waals surface area contributed by atoms with E-state index in [0.29, 0.717) is 11.4 Å². The van der Waals surface area contributed by atoms with Crippen molar-refractivity contribution in [3.05, 3.63) is 45.3 Å². The van der Waals surface area contributed by atoms with E-state index in [4.69, 9.17) is 22.9 Å². The van der Waals surface area contributed by atoms with Crippen molar-refractivity contribution in [2.75, 3.05) is 0 Å². The van der Waals surface area contributed by atoms with E-state index >= 15 is 0 Å². The average Bonchev–Trinajstić information content (AvgIpc) is 2.21. The fourth-order valence-electron chi connectivity index (χ4n) is 1.31. The number of hydrogen-bond donors (Lipinski definition) is 1.